The van der Waals surface area contributed by atoms with Gasteiger partial charge in [-0.3, -0.25) is 0 Å². The van der Waals surface area contributed by atoms with Crippen LogP contribution in [0.5, 0.6) is 0 Å². The molecule has 1 aliphatic heterocycles. The number of benzene rings is 2. The van der Waals surface area contributed by atoms with Gasteiger partial charge in [0, 0.05) is 43.2 Å². The van der Waals surface area contributed by atoms with Gasteiger partial charge in [-0.25, -0.2) is 4.70 Å². The van der Waals surface area contributed by atoms with E-state index in [4.69, 9.17) is 0 Å². The van der Waals surface area contributed by atoms with Gasteiger partial charge in [0.1, 0.15) is 0 Å². The fourth-order valence-corrected chi connectivity index (χ4v) is 13.0. The van der Waals surface area contributed by atoms with Crippen LogP contribution in [-0.2, 0) is 33.3 Å². The van der Waals surface area contributed by atoms with Gasteiger partial charge in [0.05, 0.1) is 0 Å². The molecule has 0 N–H and O–H groups in total. The molecule has 1 heterocycles. The standard InChI is InChI=1S/C78H136N2.Pd/c1-4-7-10-13-15-17-19-21-23-25-27-29-31-33-35-37-39-41-43-45-47-49-51-53-55-57-62-72-64-60-67-74(69-72)77-71-76(66-59-12-9-6-3)78(80(77)79)75-68-61-65-73(70-75)63-58-56-54-52-50-48-46-44-42-40-38-36-34-32-30-28-26-24-22-20-18-16-14-11-8-5-2;/h60-61,64-65,67-71H,4-59,62-63,66H2,1-3H3;. The first kappa shape index (κ1) is 75.3. The number of hydrogen-bond acceptors (Lipinski definition) is 0. The molecule has 0 bridgehead atoms. The third-order valence-corrected chi connectivity index (χ3v) is 18.4. The molecule has 0 spiro atoms. The second-order valence-corrected chi connectivity index (χ2v) is 26.1. The molecule has 0 aliphatic carbocycles. The van der Waals surface area contributed by atoms with Crippen LogP contribution in [0, 0.1) is 0 Å². The number of unbranched alkanes of at least 4 members (excludes halogenated alkanes) is 53. The van der Waals surface area contributed by atoms with E-state index in [9.17, 15) is 5.53 Å². The Kier molecular flexibility index (Phi) is 53.2. The summed E-state index contributed by atoms with van der Waals surface area (Å²) in [5, 5.41) is 0. The second kappa shape index (κ2) is 57.3. The SMILES string of the molecule is CCCCCCCCCCCCCCCCCCCCCCCCCCCCc1cccc(C2=CC(CCCCCC)=C(c3cccc(CCCCCCCCCCCCCCCCCCCCCCCCCCCC)c3)[N+]2=[N-])c1.[Pd]. The van der Waals surface area contributed by atoms with Crippen LogP contribution in [0.1, 0.15) is 409 Å². The normalized spacial score (nSPS) is 12.5. The van der Waals surface area contributed by atoms with E-state index in [-0.39, 0.29) is 20.4 Å². The molecule has 2 aromatic rings. The van der Waals surface area contributed by atoms with Crippen molar-refractivity contribution in [2.75, 3.05) is 0 Å². The van der Waals surface area contributed by atoms with Crippen LogP contribution in [0.25, 0.3) is 16.9 Å². The molecular formula is C78H136N2Pd. The van der Waals surface area contributed by atoms with Crippen molar-refractivity contribution in [3.05, 3.63) is 88.0 Å². The molecule has 0 fully saturated rings. The zero-order valence-corrected chi connectivity index (χ0v) is 56.2. The third kappa shape index (κ3) is 41.8. The average Bonchev–Trinajstić information content (AvgIpc) is 3.87. The van der Waals surface area contributed by atoms with Crippen molar-refractivity contribution in [2.24, 2.45) is 0 Å². The summed E-state index contributed by atoms with van der Waals surface area (Å²) >= 11 is 0. The topological polar surface area (TPSA) is 25.3 Å². The van der Waals surface area contributed by atoms with Gasteiger partial charge in [0.25, 0.3) is 0 Å². The molecule has 0 amide bonds. The minimum atomic E-state index is 0. The van der Waals surface area contributed by atoms with Gasteiger partial charge in [-0.1, -0.05) is 385 Å². The summed E-state index contributed by atoms with van der Waals surface area (Å²) in [6, 6.07) is 18.2. The molecule has 1 aliphatic rings. The maximum Gasteiger partial charge on any atom is 0.210 e. The van der Waals surface area contributed by atoms with Crippen LogP contribution in [-0.4, -0.2) is 4.70 Å². The fraction of sp³-hybridized carbons (Fsp3) is 0.795. The Morgan fingerprint density at radius 1 is 0.272 bits per heavy atom. The van der Waals surface area contributed by atoms with E-state index in [2.05, 4.69) is 75.4 Å². The summed E-state index contributed by atoms with van der Waals surface area (Å²) < 4.78 is 1.54. The van der Waals surface area contributed by atoms with Crippen LogP contribution in [0.3, 0.4) is 0 Å². The van der Waals surface area contributed by atoms with Crippen molar-refractivity contribution in [1.82, 2.24) is 0 Å². The van der Waals surface area contributed by atoms with Crippen molar-refractivity contribution in [1.29, 1.82) is 0 Å². The summed E-state index contributed by atoms with van der Waals surface area (Å²) in [4.78, 5) is 0. The maximum atomic E-state index is 12.0. The molecule has 0 saturated heterocycles. The van der Waals surface area contributed by atoms with Gasteiger partial charge >= 0.3 is 0 Å². The summed E-state index contributed by atoms with van der Waals surface area (Å²) in [6.45, 7) is 6.91. The van der Waals surface area contributed by atoms with Crippen LogP contribution in [0.2, 0.25) is 0 Å². The predicted octanol–water partition coefficient (Wildman–Crippen LogP) is 27.9. The Morgan fingerprint density at radius 3 is 0.778 bits per heavy atom. The molecule has 3 rings (SSSR count). The summed E-state index contributed by atoms with van der Waals surface area (Å²) in [5.74, 6) is 0. The fourth-order valence-electron chi connectivity index (χ4n) is 13.0. The van der Waals surface area contributed by atoms with Gasteiger partial charge in [-0.05, 0) is 73.9 Å². The second-order valence-electron chi connectivity index (χ2n) is 26.1. The predicted molar refractivity (Wildman–Crippen MR) is 359 cm³/mol. The molecule has 3 heteroatoms. The third-order valence-electron chi connectivity index (χ3n) is 18.4. The molecule has 0 aromatic heterocycles. The average molecular weight is 1210 g/mol. The van der Waals surface area contributed by atoms with Crippen LogP contribution < -0.4 is 0 Å². The Hall–Kier alpha value is -1.82. The molecule has 2 nitrogen and oxygen atoms in total. The molecule has 0 atom stereocenters. The molecule has 0 saturated carbocycles. The number of aryl methyl sites for hydroxylation is 2. The first-order chi connectivity index (χ1) is 39.7. The zero-order chi connectivity index (χ0) is 56.7. The van der Waals surface area contributed by atoms with Gasteiger partial charge in [0.2, 0.25) is 11.4 Å². The molecule has 468 valence electrons. The zero-order valence-electron chi connectivity index (χ0n) is 54.6. The quantitative estimate of drug-likeness (QED) is 0.0358. The maximum absolute atomic E-state index is 12.0. The van der Waals surface area contributed by atoms with Gasteiger partial charge in [0.15, 0.2) is 0 Å². The van der Waals surface area contributed by atoms with E-state index in [1.54, 1.807) is 0 Å². The molecule has 0 unspecified atom stereocenters. The van der Waals surface area contributed by atoms with Crippen molar-refractivity contribution in [3.63, 3.8) is 0 Å². The molecule has 81 heavy (non-hydrogen) atoms. The Bertz CT molecular complexity index is 1750. The minimum Gasteiger partial charge on any atom is -0.493 e. The minimum absolute atomic E-state index is 0. The van der Waals surface area contributed by atoms with Crippen LogP contribution in [0.4, 0.5) is 0 Å². The Labute approximate surface area is 520 Å². The van der Waals surface area contributed by atoms with Crippen molar-refractivity contribution in [3.8, 4) is 0 Å². The summed E-state index contributed by atoms with van der Waals surface area (Å²) in [7, 11) is 0. The van der Waals surface area contributed by atoms with Gasteiger partial charge in [-0.2, -0.15) is 0 Å². The van der Waals surface area contributed by atoms with Crippen LogP contribution in [0.15, 0.2) is 60.2 Å². The van der Waals surface area contributed by atoms with E-state index in [1.807, 2.05) is 0 Å². The van der Waals surface area contributed by atoms with E-state index in [0.29, 0.717) is 0 Å². The van der Waals surface area contributed by atoms with E-state index >= 15 is 0 Å². The van der Waals surface area contributed by atoms with Crippen molar-refractivity contribution in [2.45, 2.75) is 400 Å². The summed E-state index contributed by atoms with van der Waals surface area (Å²) in [5.41, 5.74) is 20.3. The monoisotopic (exact) mass is 1210 g/mol. The first-order valence-corrected chi connectivity index (χ1v) is 36.8. The van der Waals surface area contributed by atoms with E-state index < -0.39 is 0 Å². The molecule has 2 aromatic carbocycles. The molecule has 0 radical (unpaired) electrons. The number of rotatable bonds is 61. The van der Waals surface area contributed by atoms with E-state index in [0.717, 1.165) is 36.2 Å². The largest absolute Gasteiger partial charge is 0.493 e. The van der Waals surface area contributed by atoms with Gasteiger partial charge < -0.3 is 5.53 Å². The van der Waals surface area contributed by atoms with E-state index in [1.165, 1.54) is 387 Å². The van der Waals surface area contributed by atoms with Crippen molar-refractivity contribution < 1.29 is 25.1 Å². The number of hydrogen-bond donors (Lipinski definition) is 0. The Morgan fingerprint density at radius 2 is 0.494 bits per heavy atom. The Balaban J connectivity index is 0.0000224. The van der Waals surface area contributed by atoms with Crippen molar-refractivity contribution >= 4 is 11.4 Å². The first-order valence-electron chi connectivity index (χ1n) is 36.8. The van der Waals surface area contributed by atoms with Crippen LogP contribution >= 0.6 is 0 Å². The number of allylic oxidation sites excluding steroid dienone is 2. The number of nitrogens with zero attached hydrogens (tertiary/aromatic N) is 2. The molecular weight excluding hydrogens is 1070 g/mol. The van der Waals surface area contributed by atoms with Gasteiger partial charge in [-0.15, -0.1) is 0 Å². The smallest absolute Gasteiger partial charge is 0.210 e. The summed E-state index contributed by atoms with van der Waals surface area (Å²) in [6.07, 6.45) is 85.2.